The average Bonchev–Trinajstić information content (AvgIpc) is 2.35. The molecule has 0 saturated carbocycles. The zero-order valence-corrected chi connectivity index (χ0v) is 11.5. The zero-order chi connectivity index (χ0) is 13.0. The Morgan fingerprint density at radius 3 is 3.00 bits per heavy atom. The highest BCUT2D eigenvalue weighted by molar-refractivity contribution is 6.30. The summed E-state index contributed by atoms with van der Waals surface area (Å²) in [7, 11) is 2.02. The van der Waals surface area contributed by atoms with E-state index in [1.54, 1.807) is 12.1 Å². The van der Waals surface area contributed by atoms with Gasteiger partial charge >= 0.3 is 0 Å². The maximum Gasteiger partial charge on any atom is 0.127 e. The maximum atomic E-state index is 13.6. The first-order valence-electron chi connectivity index (χ1n) is 6.51. The summed E-state index contributed by atoms with van der Waals surface area (Å²) >= 11 is 5.89. The Morgan fingerprint density at radius 2 is 2.28 bits per heavy atom. The van der Waals surface area contributed by atoms with E-state index in [2.05, 4.69) is 10.2 Å². The standard InChI is InChI=1S/C14H20ClFN2/c1-18(10-13-4-2-3-7-17-13)9-11-8-12(15)5-6-14(11)16/h5-6,8,13,17H,2-4,7,9-10H2,1H3. The molecule has 100 valence electrons. The molecule has 0 amide bonds. The van der Waals surface area contributed by atoms with E-state index in [1.807, 2.05) is 7.05 Å². The molecule has 1 unspecified atom stereocenters. The van der Waals surface area contributed by atoms with Crippen molar-refractivity contribution < 1.29 is 4.39 Å². The van der Waals surface area contributed by atoms with Crippen LogP contribution in [-0.4, -0.2) is 31.1 Å². The fourth-order valence-corrected chi connectivity index (χ4v) is 2.67. The van der Waals surface area contributed by atoms with Gasteiger partial charge in [-0.2, -0.15) is 0 Å². The monoisotopic (exact) mass is 270 g/mol. The molecule has 0 spiro atoms. The summed E-state index contributed by atoms with van der Waals surface area (Å²) in [5.74, 6) is -0.178. The molecule has 1 atom stereocenters. The highest BCUT2D eigenvalue weighted by atomic mass is 35.5. The number of halogens is 2. The molecule has 1 aliphatic rings. The molecule has 1 saturated heterocycles. The van der Waals surface area contributed by atoms with Crippen molar-refractivity contribution >= 4 is 11.6 Å². The number of nitrogens with one attached hydrogen (secondary N) is 1. The van der Waals surface area contributed by atoms with Gasteiger partial charge in [0.15, 0.2) is 0 Å². The normalized spacial score (nSPS) is 20.3. The van der Waals surface area contributed by atoms with Crippen LogP contribution in [0.4, 0.5) is 4.39 Å². The lowest BCUT2D eigenvalue weighted by molar-refractivity contribution is 0.254. The van der Waals surface area contributed by atoms with Crippen molar-refractivity contribution in [3.8, 4) is 0 Å². The minimum Gasteiger partial charge on any atom is -0.313 e. The molecule has 2 nitrogen and oxygen atoms in total. The van der Waals surface area contributed by atoms with Crippen LogP contribution >= 0.6 is 11.6 Å². The molecule has 0 radical (unpaired) electrons. The van der Waals surface area contributed by atoms with Gasteiger partial charge in [-0.1, -0.05) is 18.0 Å². The summed E-state index contributed by atoms with van der Waals surface area (Å²) in [6.07, 6.45) is 3.77. The molecular formula is C14H20ClFN2. The highest BCUT2D eigenvalue weighted by Gasteiger charge is 2.15. The Kier molecular flexibility index (Phi) is 4.98. The number of hydrogen-bond donors (Lipinski definition) is 1. The second-order valence-electron chi connectivity index (χ2n) is 5.08. The van der Waals surface area contributed by atoms with Crippen LogP contribution in [0, 0.1) is 5.82 Å². The molecule has 1 fully saturated rings. The van der Waals surface area contributed by atoms with Gasteiger partial charge < -0.3 is 10.2 Å². The van der Waals surface area contributed by atoms with Gasteiger partial charge in [0.05, 0.1) is 0 Å². The van der Waals surface area contributed by atoms with Gasteiger partial charge in [0.1, 0.15) is 5.82 Å². The first kappa shape index (κ1) is 13.8. The third kappa shape index (κ3) is 3.94. The molecular weight excluding hydrogens is 251 g/mol. The molecule has 0 bridgehead atoms. The Balaban J connectivity index is 1.89. The summed E-state index contributed by atoms with van der Waals surface area (Å²) in [6, 6.07) is 5.26. The molecule has 0 aromatic heterocycles. The lowest BCUT2D eigenvalue weighted by atomic mass is 10.0. The largest absolute Gasteiger partial charge is 0.313 e. The molecule has 18 heavy (non-hydrogen) atoms. The highest BCUT2D eigenvalue weighted by Crippen LogP contribution is 2.17. The molecule has 1 N–H and O–H groups in total. The van der Waals surface area contributed by atoms with Crippen molar-refractivity contribution in [2.45, 2.75) is 31.8 Å². The number of rotatable bonds is 4. The fourth-order valence-electron chi connectivity index (χ4n) is 2.48. The summed E-state index contributed by atoms with van der Waals surface area (Å²) in [5.41, 5.74) is 0.667. The lowest BCUT2D eigenvalue weighted by Gasteiger charge is -2.28. The molecule has 1 aromatic rings. The van der Waals surface area contributed by atoms with Crippen LogP contribution in [0.25, 0.3) is 0 Å². The van der Waals surface area contributed by atoms with Gasteiger partial charge in [-0.25, -0.2) is 4.39 Å². The van der Waals surface area contributed by atoms with Gasteiger partial charge in [-0.15, -0.1) is 0 Å². The summed E-state index contributed by atoms with van der Waals surface area (Å²) in [4.78, 5) is 2.15. The van der Waals surface area contributed by atoms with Crippen molar-refractivity contribution in [1.29, 1.82) is 0 Å². The van der Waals surface area contributed by atoms with E-state index in [1.165, 1.54) is 25.3 Å². The van der Waals surface area contributed by atoms with Crippen LogP contribution in [0.5, 0.6) is 0 Å². The smallest absolute Gasteiger partial charge is 0.127 e. The van der Waals surface area contributed by atoms with Crippen LogP contribution in [0.1, 0.15) is 24.8 Å². The van der Waals surface area contributed by atoms with Crippen molar-refractivity contribution in [1.82, 2.24) is 10.2 Å². The van der Waals surface area contributed by atoms with Crippen molar-refractivity contribution in [3.05, 3.63) is 34.6 Å². The number of hydrogen-bond acceptors (Lipinski definition) is 2. The summed E-state index contributed by atoms with van der Waals surface area (Å²) < 4.78 is 13.6. The maximum absolute atomic E-state index is 13.6. The molecule has 4 heteroatoms. The Hall–Kier alpha value is -0.640. The van der Waals surface area contributed by atoms with Crippen molar-refractivity contribution in [2.75, 3.05) is 20.1 Å². The van der Waals surface area contributed by atoms with E-state index in [-0.39, 0.29) is 5.82 Å². The zero-order valence-electron chi connectivity index (χ0n) is 10.8. The van der Waals surface area contributed by atoms with Gasteiger partial charge in [0.25, 0.3) is 0 Å². The molecule has 0 aliphatic carbocycles. The summed E-state index contributed by atoms with van der Waals surface area (Å²) in [6.45, 7) is 2.65. The van der Waals surface area contributed by atoms with Crippen LogP contribution in [-0.2, 0) is 6.54 Å². The number of piperidine rings is 1. The number of nitrogens with zero attached hydrogens (tertiary/aromatic N) is 1. The second kappa shape index (κ2) is 6.50. The van der Waals surface area contributed by atoms with E-state index >= 15 is 0 Å². The molecule has 1 aromatic carbocycles. The number of likely N-dealkylation sites (N-methyl/N-ethyl adjacent to an activating group) is 1. The number of benzene rings is 1. The Bertz CT molecular complexity index is 391. The second-order valence-corrected chi connectivity index (χ2v) is 5.52. The Labute approximate surface area is 113 Å². The van der Waals surface area contributed by atoms with Gasteiger partial charge in [-0.05, 0) is 44.6 Å². The minimum atomic E-state index is -0.178. The quantitative estimate of drug-likeness (QED) is 0.905. The predicted octanol–water partition coefficient (Wildman–Crippen LogP) is 3.05. The Morgan fingerprint density at radius 1 is 1.44 bits per heavy atom. The lowest BCUT2D eigenvalue weighted by Crippen LogP contribution is -2.42. The molecule has 2 rings (SSSR count). The van der Waals surface area contributed by atoms with Gasteiger partial charge in [-0.3, -0.25) is 0 Å². The van der Waals surface area contributed by atoms with Gasteiger partial charge in [0, 0.05) is 29.7 Å². The SMILES string of the molecule is CN(Cc1cc(Cl)ccc1F)CC1CCCCN1. The van der Waals surface area contributed by atoms with Crippen LogP contribution in [0.3, 0.4) is 0 Å². The first-order chi connectivity index (χ1) is 8.65. The fraction of sp³-hybridized carbons (Fsp3) is 0.571. The van der Waals surface area contributed by atoms with Crippen molar-refractivity contribution in [3.63, 3.8) is 0 Å². The van der Waals surface area contributed by atoms with Crippen LogP contribution < -0.4 is 5.32 Å². The van der Waals surface area contributed by atoms with E-state index < -0.39 is 0 Å². The summed E-state index contributed by atoms with van der Waals surface area (Å²) in [5, 5.41) is 4.09. The van der Waals surface area contributed by atoms with Crippen molar-refractivity contribution in [2.24, 2.45) is 0 Å². The van der Waals surface area contributed by atoms with E-state index in [0.29, 0.717) is 23.2 Å². The third-order valence-corrected chi connectivity index (χ3v) is 3.63. The topological polar surface area (TPSA) is 15.3 Å². The van der Waals surface area contributed by atoms with Crippen LogP contribution in [0.2, 0.25) is 5.02 Å². The average molecular weight is 271 g/mol. The minimum absolute atomic E-state index is 0.178. The van der Waals surface area contributed by atoms with E-state index in [0.717, 1.165) is 13.1 Å². The third-order valence-electron chi connectivity index (χ3n) is 3.39. The van der Waals surface area contributed by atoms with Crippen LogP contribution in [0.15, 0.2) is 18.2 Å². The predicted molar refractivity (Wildman–Crippen MR) is 73.4 cm³/mol. The van der Waals surface area contributed by atoms with E-state index in [9.17, 15) is 4.39 Å². The first-order valence-corrected chi connectivity index (χ1v) is 6.89. The molecule has 1 aliphatic heterocycles. The van der Waals surface area contributed by atoms with Gasteiger partial charge in [0.2, 0.25) is 0 Å². The van der Waals surface area contributed by atoms with E-state index in [4.69, 9.17) is 11.6 Å². The molecule has 1 heterocycles.